The number of hydrogen-bond donors (Lipinski definition) is 1. The molecule has 0 radical (unpaired) electrons. The van der Waals surface area contributed by atoms with Gasteiger partial charge in [-0.05, 0) is 44.6 Å². The van der Waals surface area contributed by atoms with E-state index in [2.05, 4.69) is 37.7 Å². The average molecular weight is 299 g/mol. The van der Waals surface area contributed by atoms with Crippen LogP contribution in [-0.4, -0.2) is 43.7 Å². The van der Waals surface area contributed by atoms with E-state index in [9.17, 15) is 5.11 Å². The quantitative estimate of drug-likeness (QED) is 0.835. The average Bonchev–Trinajstić information content (AvgIpc) is 2.33. The summed E-state index contributed by atoms with van der Waals surface area (Å²) in [5, 5.41) is 10.3. The lowest BCUT2D eigenvalue weighted by Gasteiger charge is -2.29. The van der Waals surface area contributed by atoms with Crippen LogP contribution >= 0.6 is 11.6 Å². The number of anilines is 1. The van der Waals surface area contributed by atoms with Crippen LogP contribution in [0.2, 0.25) is 5.02 Å². The Labute approximate surface area is 128 Å². The summed E-state index contributed by atoms with van der Waals surface area (Å²) in [5.74, 6) is 0.574. The van der Waals surface area contributed by atoms with Crippen molar-refractivity contribution >= 4 is 17.3 Å². The number of hydrogen-bond acceptors (Lipinski definition) is 3. The largest absolute Gasteiger partial charge is 0.389 e. The number of benzene rings is 1. The van der Waals surface area contributed by atoms with Gasteiger partial charge in [-0.2, -0.15) is 0 Å². The first-order valence-corrected chi connectivity index (χ1v) is 7.56. The lowest BCUT2D eigenvalue weighted by atomic mass is 10.1. The highest BCUT2D eigenvalue weighted by atomic mass is 35.5. The Kier molecular flexibility index (Phi) is 6.80. The third-order valence-electron chi connectivity index (χ3n) is 3.20. The highest BCUT2D eigenvalue weighted by Gasteiger charge is 2.14. The fourth-order valence-electron chi connectivity index (χ4n) is 2.11. The number of nitrogens with zero attached hydrogens (tertiary/aromatic N) is 2. The van der Waals surface area contributed by atoms with E-state index in [1.54, 1.807) is 6.92 Å². The van der Waals surface area contributed by atoms with Crippen molar-refractivity contribution in [3.8, 4) is 0 Å². The summed E-state index contributed by atoms with van der Waals surface area (Å²) in [7, 11) is 4.15. The molecule has 0 saturated heterocycles. The lowest BCUT2D eigenvalue weighted by molar-refractivity contribution is 0.199. The van der Waals surface area contributed by atoms with Gasteiger partial charge in [0.1, 0.15) is 0 Å². The van der Waals surface area contributed by atoms with E-state index in [-0.39, 0.29) is 0 Å². The highest BCUT2D eigenvalue weighted by Crippen LogP contribution is 2.29. The van der Waals surface area contributed by atoms with Gasteiger partial charge in [0, 0.05) is 19.6 Å². The van der Waals surface area contributed by atoms with Gasteiger partial charge < -0.3 is 14.9 Å². The Hall–Kier alpha value is -0.770. The summed E-state index contributed by atoms with van der Waals surface area (Å²) in [6, 6.07) is 5.84. The van der Waals surface area contributed by atoms with E-state index in [1.165, 1.54) is 0 Å². The molecule has 20 heavy (non-hydrogen) atoms. The van der Waals surface area contributed by atoms with E-state index in [0.29, 0.717) is 10.9 Å². The van der Waals surface area contributed by atoms with E-state index >= 15 is 0 Å². The smallest absolute Gasteiger partial charge is 0.0762 e. The number of aliphatic hydroxyl groups is 1. The Bertz CT molecular complexity index is 419. The van der Waals surface area contributed by atoms with Crippen molar-refractivity contribution in [2.45, 2.75) is 26.9 Å². The van der Waals surface area contributed by atoms with Crippen molar-refractivity contribution < 1.29 is 5.11 Å². The molecule has 1 unspecified atom stereocenters. The van der Waals surface area contributed by atoms with Gasteiger partial charge in [0.25, 0.3) is 0 Å². The molecule has 1 aromatic rings. The van der Waals surface area contributed by atoms with Gasteiger partial charge in [0.2, 0.25) is 0 Å². The second-order valence-corrected chi connectivity index (χ2v) is 6.44. The molecule has 0 amide bonds. The molecule has 0 bridgehead atoms. The first-order chi connectivity index (χ1) is 9.31. The maximum atomic E-state index is 9.62. The van der Waals surface area contributed by atoms with Gasteiger partial charge in [-0.1, -0.05) is 31.5 Å². The molecule has 114 valence electrons. The molecule has 0 fully saturated rings. The fraction of sp³-hybridized carbons (Fsp3) is 0.625. The SMILES string of the molecule is CC(C)CN(CCN(C)C)c1ccc(C(C)O)cc1Cl. The third kappa shape index (κ3) is 5.31. The third-order valence-corrected chi connectivity index (χ3v) is 3.50. The van der Waals surface area contributed by atoms with Crippen molar-refractivity contribution in [2.75, 3.05) is 38.6 Å². The second-order valence-electron chi connectivity index (χ2n) is 6.03. The first kappa shape index (κ1) is 17.3. The Morgan fingerprint density at radius 1 is 1.15 bits per heavy atom. The van der Waals surface area contributed by atoms with E-state index < -0.39 is 6.10 Å². The maximum absolute atomic E-state index is 9.62. The zero-order valence-electron chi connectivity index (χ0n) is 13.2. The summed E-state index contributed by atoms with van der Waals surface area (Å²) >= 11 is 6.40. The number of rotatable bonds is 7. The van der Waals surface area contributed by atoms with E-state index in [4.69, 9.17) is 11.6 Å². The van der Waals surface area contributed by atoms with Crippen molar-refractivity contribution in [2.24, 2.45) is 5.92 Å². The molecule has 1 atom stereocenters. The summed E-state index contributed by atoms with van der Waals surface area (Å²) in [5.41, 5.74) is 1.91. The molecule has 0 spiro atoms. The van der Waals surface area contributed by atoms with Crippen LogP contribution < -0.4 is 4.90 Å². The molecule has 0 heterocycles. The Balaban J connectivity index is 2.94. The van der Waals surface area contributed by atoms with Gasteiger partial charge >= 0.3 is 0 Å². The molecule has 1 aromatic carbocycles. The summed E-state index contributed by atoms with van der Waals surface area (Å²) < 4.78 is 0. The standard InChI is InChI=1S/C16H27ClN2O/c1-12(2)11-19(9-8-18(4)5)16-7-6-14(13(3)20)10-15(16)17/h6-7,10,12-13,20H,8-9,11H2,1-5H3. The Morgan fingerprint density at radius 3 is 2.25 bits per heavy atom. The van der Waals surface area contributed by atoms with Gasteiger partial charge in [-0.3, -0.25) is 0 Å². The van der Waals surface area contributed by atoms with Crippen molar-refractivity contribution in [3.05, 3.63) is 28.8 Å². The highest BCUT2D eigenvalue weighted by molar-refractivity contribution is 6.33. The van der Waals surface area contributed by atoms with Crippen LogP contribution in [0.1, 0.15) is 32.4 Å². The molecule has 0 aromatic heterocycles. The maximum Gasteiger partial charge on any atom is 0.0762 e. The molecule has 0 aliphatic rings. The summed E-state index contributed by atoms with van der Waals surface area (Å²) in [6.07, 6.45) is -0.484. The molecule has 0 saturated carbocycles. The van der Waals surface area contributed by atoms with E-state index in [0.717, 1.165) is 30.9 Å². The molecular weight excluding hydrogens is 272 g/mol. The van der Waals surface area contributed by atoms with Crippen molar-refractivity contribution in [1.82, 2.24) is 4.90 Å². The van der Waals surface area contributed by atoms with Gasteiger partial charge in [-0.25, -0.2) is 0 Å². The van der Waals surface area contributed by atoms with Crippen LogP contribution in [0.15, 0.2) is 18.2 Å². The minimum absolute atomic E-state index is 0.484. The zero-order valence-corrected chi connectivity index (χ0v) is 14.0. The number of likely N-dealkylation sites (N-methyl/N-ethyl adjacent to an activating group) is 1. The van der Waals surface area contributed by atoms with Crippen LogP contribution in [0.25, 0.3) is 0 Å². The van der Waals surface area contributed by atoms with Gasteiger partial charge in [0.05, 0.1) is 16.8 Å². The number of halogens is 1. The lowest BCUT2D eigenvalue weighted by Crippen LogP contribution is -2.34. The van der Waals surface area contributed by atoms with Crippen LogP contribution in [0, 0.1) is 5.92 Å². The molecule has 0 aliphatic carbocycles. The van der Waals surface area contributed by atoms with Crippen LogP contribution in [0.4, 0.5) is 5.69 Å². The molecule has 1 N–H and O–H groups in total. The van der Waals surface area contributed by atoms with Crippen molar-refractivity contribution in [1.29, 1.82) is 0 Å². The second kappa shape index (κ2) is 7.87. The van der Waals surface area contributed by atoms with Gasteiger partial charge in [-0.15, -0.1) is 0 Å². The topological polar surface area (TPSA) is 26.7 Å². The molecule has 3 nitrogen and oxygen atoms in total. The van der Waals surface area contributed by atoms with Crippen LogP contribution in [-0.2, 0) is 0 Å². The Morgan fingerprint density at radius 2 is 1.80 bits per heavy atom. The molecule has 1 rings (SSSR count). The fourth-order valence-corrected chi connectivity index (χ4v) is 2.42. The molecular formula is C16H27ClN2O. The monoisotopic (exact) mass is 298 g/mol. The minimum Gasteiger partial charge on any atom is -0.389 e. The predicted octanol–water partition coefficient (Wildman–Crippen LogP) is 3.42. The van der Waals surface area contributed by atoms with Crippen LogP contribution in [0.3, 0.4) is 0 Å². The first-order valence-electron chi connectivity index (χ1n) is 7.18. The number of aliphatic hydroxyl groups excluding tert-OH is 1. The predicted molar refractivity (Wildman–Crippen MR) is 87.7 cm³/mol. The normalized spacial score (nSPS) is 13.1. The molecule has 0 aliphatic heterocycles. The van der Waals surface area contributed by atoms with Crippen molar-refractivity contribution in [3.63, 3.8) is 0 Å². The minimum atomic E-state index is -0.484. The van der Waals surface area contributed by atoms with E-state index in [1.807, 2.05) is 18.2 Å². The van der Waals surface area contributed by atoms with Crippen LogP contribution in [0.5, 0.6) is 0 Å². The zero-order chi connectivity index (χ0) is 15.3. The summed E-state index contributed by atoms with van der Waals surface area (Å²) in [6.45, 7) is 9.08. The molecule has 4 heteroatoms. The summed E-state index contributed by atoms with van der Waals surface area (Å²) in [4.78, 5) is 4.49. The van der Waals surface area contributed by atoms with Gasteiger partial charge in [0.15, 0.2) is 0 Å².